The van der Waals surface area contributed by atoms with Crippen molar-refractivity contribution in [2.45, 2.75) is 51.2 Å². The summed E-state index contributed by atoms with van der Waals surface area (Å²) in [5.74, 6) is 1.67. The highest BCUT2D eigenvalue weighted by atomic mass is 19.4. The van der Waals surface area contributed by atoms with E-state index in [2.05, 4.69) is 15.6 Å². The summed E-state index contributed by atoms with van der Waals surface area (Å²) in [6, 6.07) is 8.32. The second-order valence-corrected chi connectivity index (χ2v) is 8.73. The minimum absolute atomic E-state index is 0.321. The van der Waals surface area contributed by atoms with Crippen molar-refractivity contribution in [2.24, 2.45) is 11.8 Å². The van der Waals surface area contributed by atoms with Gasteiger partial charge in [-0.15, -0.1) is 0 Å². The van der Waals surface area contributed by atoms with E-state index < -0.39 is 12.6 Å². The maximum absolute atomic E-state index is 12.4. The molecule has 1 heterocycles. The van der Waals surface area contributed by atoms with Gasteiger partial charge in [-0.25, -0.2) is 4.98 Å². The number of alkyl halides is 3. The Morgan fingerprint density at radius 2 is 1.80 bits per heavy atom. The van der Waals surface area contributed by atoms with E-state index in [9.17, 15) is 13.2 Å². The summed E-state index contributed by atoms with van der Waals surface area (Å²) in [6.45, 7) is 2.84. The molecule has 0 spiro atoms. The summed E-state index contributed by atoms with van der Waals surface area (Å²) < 4.78 is 37.3. The van der Waals surface area contributed by atoms with Gasteiger partial charge in [0.15, 0.2) is 0 Å². The summed E-state index contributed by atoms with van der Waals surface area (Å²) in [5.41, 5.74) is 0.921. The van der Waals surface area contributed by atoms with Crippen LogP contribution in [0.3, 0.4) is 0 Å². The number of para-hydroxylation sites is 1. The van der Waals surface area contributed by atoms with Crippen LogP contribution in [0.25, 0.3) is 10.9 Å². The number of nitrogens with one attached hydrogen (secondary N) is 2. The molecule has 1 aromatic carbocycles. The van der Waals surface area contributed by atoms with E-state index in [1.165, 1.54) is 0 Å². The van der Waals surface area contributed by atoms with Gasteiger partial charge in [0.1, 0.15) is 5.82 Å². The van der Waals surface area contributed by atoms with Gasteiger partial charge >= 0.3 is 6.18 Å². The Bertz CT molecular complexity index is 816. The molecule has 30 heavy (non-hydrogen) atoms. The third-order valence-electron chi connectivity index (χ3n) is 5.69. The Balaban J connectivity index is 1.48. The molecule has 166 valence electrons. The van der Waals surface area contributed by atoms with Crippen LogP contribution in [0, 0.1) is 11.8 Å². The van der Waals surface area contributed by atoms with Gasteiger partial charge < -0.3 is 15.5 Å². The van der Waals surface area contributed by atoms with Gasteiger partial charge in [0.05, 0.1) is 5.52 Å². The first-order valence-electron chi connectivity index (χ1n) is 10.7. The minimum atomic E-state index is -4.08. The summed E-state index contributed by atoms with van der Waals surface area (Å²) in [4.78, 5) is 11.4. The van der Waals surface area contributed by atoms with Gasteiger partial charge in [-0.05, 0) is 62.7 Å². The molecule has 1 aromatic heterocycles. The lowest BCUT2D eigenvalue weighted by Crippen LogP contribution is -2.34. The topological polar surface area (TPSA) is 53.1 Å². The maximum Gasteiger partial charge on any atom is 0.389 e. The number of rotatable bonds is 8. The van der Waals surface area contributed by atoms with Crippen molar-refractivity contribution in [2.75, 3.05) is 37.4 Å². The molecular formula is C22H32F3N5. The van der Waals surface area contributed by atoms with Gasteiger partial charge in [0, 0.05) is 31.9 Å². The van der Waals surface area contributed by atoms with E-state index in [0.29, 0.717) is 24.5 Å². The quantitative estimate of drug-likeness (QED) is 0.636. The first-order chi connectivity index (χ1) is 14.2. The molecule has 1 aliphatic rings. The normalized spacial score (nSPS) is 20.9. The number of anilines is 2. The summed E-state index contributed by atoms with van der Waals surface area (Å²) >= 11 is 0. The van der Waals surface area contributed by atoms with Crippen LogP contribution in [-0.4, -0.2) is 49.4 Å². The lowest BCUT2D eigenvalue weighted by Gasteiger charge is -2.30. The standard InChI is InChI=1S/C22H32F3N5/c1-15(12-22(23,24)25)13-26-14-16-8-10-17(11-9-16)27-21-28-19-7-5-4-6-18(19)20(29-21)30(2)3/h4-7,15-17,26H,8-14H2,1-3H3,(H,27,28,29). The van der Waals surface area contributed by atoms with Crippen molar-refractivity contribution in [3.63, 3.8) is 0 Å². The second kappa shape index (κ2) is 9.81. The number of aromatic nitrogens is 2. The zero-order valence-corrected chi connectivity index (χ0v) is 18.0. The summed E-state index contributed by atoms with van der Waals surface area (Å²) in [7, 11) is 3.96. The van der Waals surface area contributed by atoms with Crippen LogP contribution in [-0.2, 0) is 0 Å². The third-order valence-corrected chi connectivity index (χ3v) is 5.69. The highest BCUT2D eigenvalue weighted by molar-refractivity contribution is 5.90. The Labute approximate surface area is 176 Å². The minimum Gasteiger partial charge on any atom is -0.362 e. The Morgan fingerprint density at radius 3 is 2.47 bits per heavy atom. The molecule has 2 aromatic rings. The van der Waals surface area contributed by atoms with Gasteiger partial charge in [-0.3, -0.25) is 0 Å². The lowest BCUT2D eigenvalue weighted by molar-refractivity contribution is -0.142. The number of hydrogen-bond acceptors (Lipinski definition) is 5. The predicted octanol–water partition coefficient (Wildman–Crippen LogP) is 4.84. The van der Waals surface area contributed by atoms with Gasteiger partial charge in [0.25, 0.3) is 0 Å². The maximum atomic E-state index is 12.4. The van der Waals surface area contributed by atoms with Crippen molar-refractivity contribution < 1.29 is 13.2 Å². The Hall–Kier alpha value is -2.09. The van der Waals surface area contributed by atoms with E-state index in [0.717, 1.165) is 48.9 Å². The van der Waals surface area contributed by atoms with Crippen molar-refractivity contribution in [3.8, 4) is 0 Å². The molecule has 0 amide bonds. The fourth-order valence-electron chi connectivity index (χ4n) is 4.16. The zero-order valence-electron chi connectivity index (χ0n) is 18.0. The molecule has 8 heteroatoms. The molecule has 1 fully saturated rings. The molecular weight excluding hydrogens is 391 g/mol. The lowest BCUT2D eigenvalue weighted by atomic mass is 9.86. The second-order valence-electron chi connectivity index (χ2n) is 8.73. The van der Waals surface area contributed by atoms with Crippen molar-refractivity contribution >= 4 is 22.7 Å². The molecule has 5 nitrogen and oxygen atoms in total. The molecule has 0 radical (unpaired) electrons. The van der Waals surface area contributed by atoms with Crippen molar-refractivity contribution in [3.05, 3.63) is 24.3 Å². The van der Waals surface area contributed by atoms with Crippen LogP contribution in [0.4, 0.5) is 24.9 Å². The molecule has 0 aliphatic heterocycles. The van der Waals surface area contributed by atoms with Crippen LogP contribution in [0.1, 0.15) is 39.0 Å². The molecule has 0 bridgehead atoms. The molecule has 1 unspecified atom stereocenters. The van der Waals surface area contributed by atoms with Crippen LogP contribution in [0.15, 0.2) is 24.3 Å². The van der Waals surface area contributed by atoms with E-state index in [-0.39, 0.29) is 5.92 Å². The van der Waals surface area contributed by atoms with Crippen molar-refractivity contribution in [1.29, 1.82) is 0 Å². The number of benzene rings is 1. The smallest absolute Gasteiger partial charge is 0.362 e. The van der Waals surface area contributed by atoms with E-state index in [4.69, 9.17) is 4.98 Å². The van der Waals surface area contributed by atoms with Crippen LogP contribution < -0.4 is 15.5 Å². The monoisotopic (exact) mass is 423 g/mol. The average Bonchev–Trinajstić information content (AvgIpc) is 2.67. The SMILES string of the molecule is CC(CNCC1CCC(Nc2nc(N(C)C)c3ccccc3n2)CC1)CC(F)(F)F. The average molecular weight is 424 g/mol. The first kappa shape index (κ1) is 22.6. The third kappa shape index (κ3) is 6.45. The van der Waals surface area contributed by atoms with Gasteiger partial charge in [0.2, 0.25) is 5.95 Å². The van der Waals surface area contributed by atoms with Gasteiger partial charge in [-0.1, -0.05) is 19.1 Å². The summed E-state index contributed by atoms with van der Waals surface area (Å²) in [5, 5.41) is 7.76. The molecule has 1 saturated carbocycles. The molecule has 3 rings (SSSR count). The van der Waals surface area contributed by atoms with E-state index in [1.54, 1.807) is 6.92 Å². The molecule has 2 N–H and O–H groups in total. The Kier molecular flexibility index (Phi) is 7.39. The molecule has 0 saturated heterocycles. The summed E-state index contributed by atoms with van der Waals surface area (Å²) in [6.07, 6.45) is -0.686. The highest BCUT2D eigenvalue weighted by Crippen LogP contribution is 2.28. The molecule has 1 atom stereocenters. The number of hydrogen-bond donors (Lipinski definition) is 2. The fraction of sp³-hybridized carbons (Fsp3) is 0.636. The Morgan fingerprint density at radius 1 is 1.10 bits per heavy atom. The van der Waals surface area contributed by atoms with Gasteiger partial charge in [-0.2, -0.15) is 18.2 Å². The molecule has 1 aliphatic carbocycles. The van der Waals surface area contributed by atoms with E-state index >= 15 is 0 Å². The highest BCUT2D eigenvalue weighted by Gasteiger charge is 2.30. The predicted molar refractivity (Wildman–Crippen MR) is 116 cm³/mol. The van der Waals surface area contributed by atoms with Crippen LogP contribution >= 0.6 is 0 Å². The first-order valence-corrected chi connectivity index (χ1v) is 10.7. The van der Waals surface area contributed by atoms with Crippen molar-refractivity contribution in [1.82, 2.24) is 15.3 Å². The number of nitrogens with zero attached hydrogens (tertiary/aromatic N) is 3. The van der Waals surface area contributed by atoms with E-state index in [1.807, 2.05) is 43.3 Å². The fourth-order valence-corrected chi connectivity index (χ4v) is 4.16. The zero-order chi connectivity index (χ0) is 21.7. The van der Waals surface area contributed by atoms with Crippen LogP contribution in [0.5, 0.6) is 0 Å². The number of halogens is 3. The number of fused-ring (bicyclic) bond motifs is 1. The van der Waals surface area contributed by atoms with Crippen LogP contribution in [0.2, 0.25) is 0 Å². The largest absolute Gasteiger partial charge is 0.389 e.